The quantitative estimate of drug-likeness (QED) is 0.893. The molecule has 1 atom stereocenters. The molecule has 2 aliphatic rings. The van der Waals surface area contributed by atoms with Crippen LogP contribution in [-0.2, 0) is 6.54 Å². The fourth-order valence-electron chi connectivity index (χ4n) is 2.58. The highest BCUT2D eigenvalue weighted by molar-refractivity contribution is 9.10. The largest absolute Gasteiger partial charge is 0.388 e. The summed E-state index contributed by atoms with van der Waals surface area (Å²) in [5, 5.41) is 13.6. The second-order valence-electron chi connectivity index (χ2n) is 6.10. The molecule has 0 bridgehead atoms. The van der Waals surface area contributed by atoms with Crippen molar-refractivity contribution >= 4 is 21.6 Å². The fraction of sp³-hybridized carbons (Fsp3) is 0.600. The maximum absolute atomic E-state index is 10.0. The smallest absolute Gasteiger partial charge is 0.0810 e. The Morgan fingerprint density at radius 2 is 2.26 bits per heavy atom. The number of halogens is 1. The van der Waals surface area contributed by atoms with Crippen molar-refractivity contribution in [3.63, 3.8) is 0 Å². The summed E-state index contributed by atoms with van der Waals surface area (Å²) >= 11 is 3.66. The Labute approximate surface area is 123 Å². The van der Waals surface area contributed by atoms with Crippen molar-refractivity contribution in [2.75, 3.05) is 18.0 Å². The molecular weight excluding hydrogens is 304 g/mol. The Balaban J connectivity index is 1.68. The molecule has 3 rings (SSSR count). The highest BCUT2D eigenvalue weighted by Crippen LogP contribution is 2.30. The molecule has 104 valence electrons. The average Bonchev–Trinajstić information content (AvgIpc) is 3.11. The Hall–Kier alpha value is -0.580. The molecule has 4 heteroatoms. The molecule has 1 saturated carbocycles. The van der Waals surface area contributed by atoms with Crippen molar-refractivity contribution in [1.29, 1.82) is 0 Å². The Bertz CT molecular complexity index is 471. The molecule has 1 aromatic carbocycles. The summed E-state index contributed by atoms with van der Waals surface area (Å²) in [5.74, 6) is 0. The molecule has 0 spiro atoms. The summed E-state index contributed by atoms with van der Waals surface area (Å²) in [7, 11) is 0. The normalized spacial score (nSPS) is 27.0. The van der Waals surface area contributed by atoms with E-state index in [1.165, 1.54) is 24.1 Å². The molecule has 1 unspecified atom stereocenters. The molecule has 0 radical (unpaired) electrons. The van der Waals surface area contributed by atoms with Gasteiger partial charge >= 0.3 is 0 Å². The lowest BCUT2D eigenvalue weighted by molar-refractivity contribution is 0.0839. The van der Waals surface area contributed by atoms with Crippen LogP contribution in [0.15, 0.2) is 22.7 Å². The van der Waals surface area contributed by atoms with E-state index in [1.807, 2.05) is 6.92 Å². The zero-order chi connectivity index (χ0) is 13.5. The summed E-state index contributed by atoms with van der Waals surface area (Å²) in [5.41, 5.74) is 1.96. The highest BCUT2D eigenvalue weighted by atomic mass is 79.9. The van der Waals surface area contributed by atoms with Gasteiger partial charge in [0.05, 0.1) is 5.60 Å². The third-order valence-electron chi connectivity index (χ3n) is 4.01. The number of benzene rings is 1. The first-order valence-corrected chi connectivity index (χ1v) is 7.82. The van der Waals surface area contributed by atoms with Gasteiger partial charge in [-0.2, -0.15) is 0 Å². The van der Waals surface area contributed by atoms with Gasteiger partial charge in [-0.1, -0.05) is 22.0 Å². The maximum Gasteiger partial charge on any atom is 0.0810 e. The van der Waals surface area contributed by atoms with E-state index in [1.54, 1.807) is 0 Å². The second kappa shape index (κ2) is 5.08. The lowest BCUT2D eigenvalue weighted by Gasteiger charge is -2.21. The van der Waals surface area contributed by atoms with Gasteiger partial charge in [0.1, 0.15) is 0 Å². The SMILES string of the molecule is CC1(O)CCN(c2ccc(CNC3CC3)c(Br)c2)C1. The fourth-order valence-corrected chi connectivity index (χ4v) is 3.09. The molecule has 1 heterocycles. The van der Waals surface area contributed by atoms with Crippen LogP contribution >= 0.6 is 15.9 Å². The van der Waals surface area contributed by atoms with Gasteiger partial charge in [0.2, 0.25) is 0 Å². The van der Waals surface area contributed by atoms with Gasteiger partial charge < -0.3 is 15.3 Å². The number of nitrogens with zero attached hydrogens (tertiary/aromatic N) is 1. The van der Waals surface area contributed by atoms with E-state index in [2.05, 4.69) is 44.3 Å². The first-order valence-electron chi connectivity index (χ1n) is 7.03. The predicted molar refractivity (Wildman–Crippen MR) is 81.5 cm³/mol. The van der Waals surface area contributed by atoms with Gasteiger partial charge in [-0.25, -0.2) is 0 Å². The predicted octanol–water partition coefficient (Wildman–Crippen LogP) is 2.66. The zero-order valence-corrected chi connectivity index (χ0v) is 12.9. The van der Waals surface area contributed by atoms with Crippen LogP contribution in [0.5, 0.6) is 0 Å². The molecule has 2 N–H and O–H groups in total. The summed E-state index contributed by atoms with van der Waals surface area (Å²) in [6, 6.07) is 7.25. The number of aliphatic hydroxyl groups is 1. The van der Waals surface area contributed by atoms with Crippen LogP contribution in [0.1, 0.15) is 31.7 Å². The van der Waals surface area contributed by atoms with Crippen LogP contribution in [0.2, 0.25) is 0 Å². The van der Waals surface area contributed by atoms with E-state index in [-0.39, 0.29) is 0 Å². The Morgan fingerprint density at radius 1 is 1.47 bits per heavy atom. The zero-order valence-electron chi connectivity index (χ0n) is 11.3. The van der Waals surface area contributed by atoms with Crippen molar-refractivity contribution in [3.05, 3.63) is 28.2 Å². The lowest BCUT2D eigenvalue weighted by atomic mass is 10.1. The molecular formula is C15H21BrN2O. The summed E-state index contributed by atoms with van der Waals surface area (Å²) in [6.07, 6.45) is 3.48. The molecule has 3 nitrogen and oxygen atoms in total. The van der Waals surface area contributed by atoms with Gasteiger partial charge in [-0.15, -0.1) is 0 Å². The van der Waals surface area contributed by atoms with Gasteiger partial charge in [0.25, 0.3) is 0 Å². The van der Waals surface area contributed by atoms with E-state index in [0.29, 0.717) is 0 Å². The summed E-state index contributed by atoms with van der Waals surface area (Å²) in [4.78, 5) is 2.25. The Morgan fingerprint density at radius 3 is 2.84 bits per heavy atom. The standard InChI is InChI=1S/C15H21BrN2O/c1-15(19)6-7-18(10-15)13-5-2-11(14(16)8-13)9-17-12-3-4-12/h2,5,8,12,17,19H,3-4,6-7,9-10H2,1H3. The summed E-state index contributed by atoms with van der Waals surface area (Å²) < 4.78 is 1.16. The number of nitrogens with one attached hydrogen (secondary N) is 1. The van der Waals surface area contributed by atoms with E-state index in [4.69, 9.17) is 0 Å². The number of hydrogen-bond donors (Lipinski definition) is 2. The molecule has 1 aliphatic carbocycles. The van der Waals surface area contributed by atoms with Gasteiger partial charge in [0.15, 0.2) is 0 Å². The summed E-state index contributed by atoms with van der Waals surface area (Å²) in [6.45, 7) is 4.50. The number of rotatable bonds is 4. The van der Waals surface area contributed by atoms with Crippen LogP contribution in [0, 0.1) is 0 Å². The number of anilines is 1. The Kier molecular flexibility index (Phi) is 3.58. The van der Waals surface area contributed by atoms with E-state index in [0.717, 1.165) is 36.6 Å². The molecule has 1 aliphatic heterocycles. The molecule has 1 saturated heterocycles. The van der Waals surface area contributed by atoms with Crippen LogP contribution in [0.4, 0.5) is 5.69 Å². The van der Waals surface area contributed by atoms with Crippen LogP contribution < -0.4 is 10.2 Å². The lowest BCUT2D eigenvalue weighted by Crippen LogP contribution is -2.29. The molecule has 0 aromatic heterocycles. The van der Waals surface area contributed by atoms with E-state index < -0.39 is 5.60 Å². The van der Waals surface area contributed by atoms with Crippen LogP contribution in [-0.4, -0.2) is 29.8 Å². The molecule has 1 aromatic rings. The topological polar surface area (TPSA) is 35.5 Å². The average molecular weight is 325 g/mol. The monoisotopic (exact) mass is 324 g/mol. The highest BCUT2D eigenvalue weighted by Gasteiger charge is 2.31. The van der Waals surface area contributed by atoms with Crippen molar-refractivity contribution in [1.82, 2.24) is 5.32 Å². The number of β-amino-alcohol motifs (C(OH)–C–C–N with tert-alkyl or cyclic N) is 1. The first kappa shape index (κ1) is 13.4. The molecule has 0 amide bonds. The maximum atomic E-state index is 10.0. The van der Waals surface area contributed by atoms with Crippen molar-refractivity contribution in [2.45, 2.75) is 44.4 Å². The number of hydrogen-bond acceptors (Lipinski definition) is 3. The molecule has 2 fully saturated rings. The van der Waals surface area contributed by atoms with Crippen molar-refractivity contribution in [2.24, 2.45) is 0 Å². The minimum absolute atomic E-state index is 0.543. The van der Waals surface area contributed by atoms with Crippen LogP contribution in [0.25, 0.3) is 0 Å². The van der Waals surface area contributed by atoms with E-state index in [9.17, 15) is 5.11 Å². The van der Waals surface area contributed by atoms with Gasteiger partial charge in [0, 0.05) is 35.8 Å². The van der Waals surface area contributed by atoms with Gasteiger partial charge in [-0.3, -0.25) is 0 Å². The minimum atomic E-state index is -0.543. The van der Waals surface area contributed by atoms with E-state index >= 15 is 0 Å². The second-order valence-corrected chi connectivity index (χ2v) is 6.95. The first-order chi connectivity index (χ1) is 9.03. The van der Waals surface area contributed by atoms with Gasteiger partial charge in [-0.05, 0) is 43.9 Å². The molecule has 19 heavy (non-hydrogen) atoms. The van der Waals surface area contributed by atoms with Crippen LogP contribution in [0.3, 0.4) is 0 Å². The third-order valence-corrected chi connectivity index (χ3v) is 4.75. The van der Waals surface area contributed by atoms with Crippen molar-refractivity contribution in [3.8, 4) is 0 Å². The third kappa shape index (κ3) is 3.30. The minimum Gasteiger partial charge on any atom is -0.388 e. The van der Waals surface area contributed by atoms with Crippen molar-refractivity contribution < 1.29 is 5.11 Å².